The van der Waals surface area contributed by atoms with Gasteiger partial charge in [-0.3, -0.25) is 4.79 Å². The molecule has 0 spiro atoms. The van der Waals surface area contributed by atoms with Crippen LogP contribution in [-0.2, 0) is 4.79 Å². The minimum atomic E-state index is 0.105. The maximum atomic E-state index is 11.3. The molecule has 0 aromatic heterocycles. The van der Waals surface area contributed by atoms with Crippen LogP contribution in [0.4, 0.5) is 0 Å². The Balaban J connectivity index is 2.31. The number of rotatable bonds is 5. The molecule has 1 amide bonds. The number of hydrogen-bond acceptors (Lipinski definition) is 2. The number of halogens is 1. The molecule has 2 atom stereocenters. The summed E-state index contributed by atoms with van der Waals surface area (Å²) in [6, 6.07) is 0.385. The number of thioether (sulfide) groups is 1. The van der Waals surface area contributed by atoms with Crippen molar-refractivity contribution in [1.82, 2.24) is 5.32 Å². The molecule has 0 bridgehead atoms. The fraction of sp³-hybridized carbons (Fsp3) is 0.900. The van der Waals surface area contributed by atoms with Gasteiger partial charge in [0.05, 0.1) is 0 Å². The lowest BCUT2D eigenvalue weighted by Crippen LogP contribution is -2.38. The fourth-order valence-electron chi connectivity index (χ4n) is 1.87. The fourth-order valence-corrected chi connectivity index (χ4v) is 3.24. The van der Waals surface area contributed by atoms with Gasteiger partial charge < -0.3 is 5.32 Å². The zero-order chi connectivity index (χ0) is 10.4. The highest BCUT2D eigenvalue weighted by molar-refractivity contribution is 7.99. The van der Waals surface area contributed by atoms with E-state index in [1.807, 2.05) is 11.8 Å². The van der Waals surface area contributed by atoms with E-state index in [0.29, 0.717) is 23.6 Å². The summed E-state index contributed by atoms with van der Waals surface area (Å²) in [5.41, 5.74) is 0. The Morgan fingerprint density at radius 2 is 2.36 bits per heavy atom. The highest BCUT2D eigenvalue weighted by Crippen LogP contribution is 2.29. The van der Waals surface area contributed by atoms with E-state index in [9.17, 15) is 4.79 Å². The summed E-state index contributed by atoms with van der Waals surface area (Å²) in [4.78, 5) is 11.3. The van der Waals surface area contributed by atoms with Gasteiger partial charge in [0.25, 0.3) is 0 Å². The molecule has 1 rings (SSSR count). The first-order valence-corrected chi connectivity index (χ1v) is 6.83. The van der Waals surface area contributed by atoms with Crippen LogP contribution in [0.25, 0.3) is 0 Å². The van der Waals surface area contributed by atoms with E-state index in [2.05, 4.69) is 12.2 Å². The molecule has 0 aliphatic heterocycles. The van der Waals surface area contributed by atoms with Crippen molar-refractivity contribution in [3.05, 3.63) is 0 Å². The van der Waals surface area contributed by atoms with Gasteiger partial charge in [0, 0.05) is 23.6 Å². The topological polar surface area (TPSA) is 29.1 Å². The SMILES string of the molecule is CCSC1CCCC1NC(=O)CCCl. The maximum Gasteiger partial charge on any atom is 0.221 e. The average Bonchev–Trinajstić information content (AvgIpc) is 2.54. The lowest BCUT2D eigenvalue weighted by Gasteiger charge is -2.19. The van der Waals surface area contributed by atoms with Crippen molar-refractivity contribution in [3.8, 4) is 0 Å². The van der Waals surface area contributed by atoms with Crippen LogP contribution in [0.2, 0.25) is 0 Å². The van der Waals surface area contributed by atoms with E-state index in [1.165, 1.54) is 12.8 Å². The molecule has 2 nitrogen and oxygen atoms in total. The van der Waals surface area contributed by atoms with Gasteiger partial charge in [-0.15, -0.1) is 11.6 Å². The molecule has 82 valence electrons. The van der Waals surface area contributed by atoms with Gasteiger partial charge >= 0.3 is 0 Å². The van der Waals surface area contributed by atoms with Crippen LogP contribution < -0.4 is 5.32 Å². The predicted molar refractivity (Wildman–Crippen MR) is 63.0 cm³/mol. The molecule has 0 radical (unpaired) electrons. The van der Waals surface area contributed by atoms with E-state index >= 15 is 0 Å². The molecule has 0 saturated heterocycles. The first kappa shape index (κ1) is 12.2. The van der Waals surface area contributed by atoms with E-state index in [4.69, 9.17) is 11.6 Å². The lowest BCUT2D eigenvalue weighted by molar-refractivity contribution is -0.121. The molecule has 1 aliphatic carbocycles. The summed E-state index contributed by atoms with van der Waals surface area (Å²) in [6.45, 7) is 2.17. The smallest absolute Gasteiger partial charge is 0.221 e. The Bertz CT molecular complexity index is 189. The zero-order valence-corrected chi connectivity index (χ0v) is 10.2. The van der Waals surface area contributed by atoms with E-state index in [-0.39, 0.29) is 5.91 Å². The van der Waals surface area contributed by atoms with Crippen LogP contribution in [0.5, 0.6) is 0 Å². The van der Waals surface area contributed by atoms with Crippen LogP contribution in [0, 0.1) is 0 Å². The second-order valence-corrected chi connectivity index (χ2v) is 5.43. The van der Waals surface area contributed by atoms with Gasteiger partial charge in [-0.05, 0) is 18.6 Å². The van der Waals surface area contributed by atoms with E-state index in [1.54, 1.807) is 0 Å². The first-order chi connectivity index (χ1) is 6.77. The molecule has 1 fully saturated rings. The summed E-state index contributed by atoms with van der Waals surface area (Å²) in [5, 5.41) is 3.69. The van der Waals surface area contributed by atoms with Gasteiger partial charge in [0.15, 0.2) is 0 Å². The van der Waals surface area contributed by atoms with Crippen molar-refractivity contribution in [2.24, 2.45) is 0 Å². The number of hydrogen-bond donors (Lipinski definition) is 1. The molecular formula is C10H18ClNOS. The molecule has 1 aliphatic rings. The van der Waals surface area contributed by atoms with Crippen LogP contribution in [-0.4, -0.2) is 28.8 Å². The second-order valence-electron chi connectivity index (χ2n) is 3.54. The Morgan fingerprint density at radius 3 is 3.00 bits per heavy atom. The summed E-state index contributed by atoms with van der Waals surface area (Å²) in [5.74, 6) is 1.66. The number of nitrogens with one attached hydrogen (secondary N) is 1. The highest BCUT2D eigenvalue weighted by atomic mass is 35.5. The summed E-state index contributed by atoms with van der Waals surface area (Å²) in [7, 11) is 0. The normalized spacial score (nSPS) is 26.4. The van der Waals surface area contributed by atoms with Gasteiger partial charge in [0.1, 0.15) is 0 Å². The average molecular weight is 236 g/mol. The number of carbonyl (C=O) groups is 1. The molecule has 4 heteroatoms. The van der Waals surface area contributed by atoms with Crippen molar-refractivity contribution in [1.29, 1.82) is 0 Å². The Hall–Kier alpha value is 0.110. The maximum absolute atomic E-state index is 11.3. The van der Waals surface area contributed by atoms with E-state index in [0.717, 1.165) is 12.2 Å². The Kier molecular flexibility index (Phi) is 5.71. The predicted octanol–water partition coefficient (Wildman–Crippen LogP) is 2.41. The third-order valence-corrected chi connectivity index (χ3v) is 4.02. The number of carbonyl (C=O) groups excluding carboxylic acids is 1. The van der Waals surface area contributed by atoms with Crippen molar-refractivity contribution in [2.75, 3.05) is 11.6 Å². The van der Waals surface area contributed by atoms with Gasteiger partial charge in [0.2, 0.25) is 5.91 Å². The third kappa shape index (κ3) is 3.70. The zero-order valence-electron chi connectivity index (χ0n) is 8.59. The molecular weight excluding hydrogens is 218 g/mol. The summed E-state index contributed by atoms with van der Waals surface area (Å²) in [6.07, 6.45) is 4.06. The summed E-state index contributed by atoms with van der Waals surface area (Å²) < 4.78 is 0. The number of alkyl halides is 1. The monoisotopic (exact) mass is 235 g/mol. The van der Waals surface area contributed by atoms with Crippen LogP contribution in [0.1, 0.15) is 32.6 Å². The standard InChI is InChI=1S/C10H18ClNOS/c1-2-14-9-5-3-4-8(9)12-10(13)6-7-11/h8-9H,2-7H2,1H3,(H,12,13). The Morgan fingerprint density at radius 1 is 1.57 bits per heavy atom. The van der Waals surface area contributed by atoms with Gasteiger partial charge in [-0.2, -0.15) is 11.8 Å². The molecule has 14 heavy (non-hydrogen) atoms. The van der Waals surface area contributed by atoms with E-state index < -0.39 is 0 Å². The second kappa shape index (κ2) is 6.57. The minimum absolute atomic E-state index is 0.105. The molecule has 0 aromatic carbocycles. The van der Waals surface area contributed by atoms with Crippen LogP contribution in [0.3, 0.4) is 0 Å². The van der Waals surface area contributed by atoms with Crippen molar-refractivity contribution < 1.29 is 4.79 Å². The molecule has 2 unspecified atom stereocenters. The van der Waals surface area contributed by atoms with Crippen molar-refractivity contribution in [2.45, 2.75) is 43.9 Å². The van der Waals surface area contributed by atoms with Crippen molar-refractivity contribution >= 4 is 29.3 Å². The Labute approximate surface area is 95.2 Å². The third-order valence-electron chi connectivity index (χ3n) is 2.50. The highest BCUT2D eigenvalue weighted by Gasteiger charge is 2.27. The minimum Gasteiger partial charge on any atom is -0.352 e. The van der Waals surface area contributed by atoms with Gasteiger partial charge in [-0.25, -0.2) is 0 Å². The number of amides is 1. The van der Waals surface area contributed by atoms with Crippen LogP contribution in [0.15, 0.2) is 0 Å². The van der Waals surface area contributed by atoms with Crippen LogP contribution >= 0.6 is 23.4 Å². The molecule has 1 N–H and O–H groups in total. The first-order valence-electron chi connectivity index (χ1n) is 5.24. The van der Waals surface area contributed by atoms with Gasteiger partial charge in [-0.1, -0.05) is 13.3 Å². The lowest BCUT2D eigenvalue weighted by atomic mass is 10.2. The quantitative estimate of drug-likeness (QED) is 0.742. The van der Waals surface area contributed by atoms with Crippen molar-refractivity contribution in [3.63, 3.8) is 0 Å². The molecule has 1 saturated carbocycles. The summed E-state index contributed by atoms with van der Waals surface area (Å²) >= 11 is 7.47. The largest absolute Gasteiger partial charge is 0.352 e. The molecule has 0 heterocycles. The molecule has 0 aromatic rings.